The Morgan fingerprint density at radius 3 is 2.71 bits per heavy atom. The summed E-state index contributed by atoms with van der Waals surface area (Å²) in [5, 5.41) is 0.924. The van der Waals surface area contributed by atoms with E-state index in [1.54, 1.807) is 18.2 Å². The molecule has 3 heterocycles. The van der Waals surface area contributed by atoms with Gasteiger partial charge in [-0.25, -0.2) is 9.37 Å². The molecule has 2 aromatic carbocycles. The molecule has 0 bridgehead atoms. The second-order valence-corrected chi connectivity index (χ2v) is 9.08. The number of pyridine rings is 1. The molecular formula is C25H27FN4O. The number of fused-ring (bicyclic) bond motifs is 2. The Labute approximate surface area is 181 Å². The van der Waals surface area contributed by atoms with Crippen LogP contribution in [0.2, 0.25) is 0 Å². The minimum absolute atomic E-state index is 0.219. The molecule has 2 aliphatic rings. The fourth-order valence-corrected chi connectivity index (χ4v) is 5.22. The average Bonchev–Trinajstić information content (AvgIpc) is 3.14. The number of halogens is 1. The van der Waals surface area contributed by atoms with Crippen molar-refractivity contribution in [3.8, 4) is 11.1 Å². The van der Waals surface area contributed by atoms with E-state index in [0.29, 0.717) is 0 Å². The summed E-state index contributed by atoms with van der Waals surface area (Å²) in [5.74, 6) is -0.864. The maximum Gasteiger partial charge on any atom is 0.267 e. The molecule has 1 aromatic heterocycles. The van der Waals surface area contributed by atoms with Crippen LogP contribution < -0.4 is 5.73 Å². The van der Waals surface area contributed by atoms with Crippen molar-refractivity contribution in [3.05, 3.63) is 65.6 Å². The zero-order chi connectivity index (χ0) is 21.6. The van der Waals surface area contributed by atoms with Crippen LogP contribution in [0.15, 0.2) is 48.5 Å². The van der Waals surface area contributed by atoms with Crippen LogP contribution in [0.3, 0.4) is 0 Å². The molecule has 5 nitrogen and oxygen atoms in total. The maximum atomic E-state index is 13.4. The van der Waals surface area contributed by atoms with E-state index in [-0.39, 0.29) is 17.1 Å². The van der Waals surface area contributed by atoms with Crippen molar-refractivity contribution in [2.75, 3.05) is 26.2 Å². The summed E-state index contributed by atoms with van der Waals surface area (Å²) in [5.41, 5.74) is 9.61. The monoisotopic (exact) mass is 418 g/mol. The highest BCUT2D eigenvalue weighted by molar-refractivity contribution is 6.00. The molecule has 2 N–H and O–H groups in total. The van der Waals surface area contributed by atoms with Gasteiger partial charge in [-0.15, -0.1) is 0 Å². The number of nitrogens with zero attached hydrogens (tertiary/aromatic N) is 3. The highest BCUT2D eigenvalue weighted by Gasteiger charge is 2.40. The molecule has 31 heavy (non-hydrogen) atoms. The van der Waals surface area contributed by atoms with Crippen LogP contribution in [-0.4, -0.2) is 52.4 Å². The lowest BCUT2D eigenvalue weighted by molar-refractivity contribution is 0.0360. The molecule has 6 heteroatoms. The molecule has 0 radical (unpaired) electrons. The standard InChI is InChI=1S/C25H27FN4O/c1-25-9-2-10-30(25)12-11-29(16-25)15-17-3-8-20-21(18-4-6-19(26)7-5-18)14-23(24(27)31)28-22(20)13-17/h3-8,13-14H,2,9-12,15-16H2,1H3,(H2,27,31)/t25-/m1/s1. The first-order chi connectivity index (χ1) is 14.9. The molecule has 5 rings (SSSR count). The third-order valence-electron chi connectivity index (χ3n) is 6.85. The van der Waals surface area contributed by atoms with Crippen molar-refractivity contribution < 1.29 is 9.18 Å². The molecule has 2 saturated heterocycles. The fourth-order valence-electron chi connectivity index (χ4n) is 5.22. The molecule has 160 valence electrons. The predicted octanol–water partition coefficient (Wildman–Crippen LogP) is 3.81. The summed E-state index contributed by atoms with van der Waals surface area (Å²) in [6, 6.07) is 14.2. The van der Waals surface area contributed by atoms with Crippen LogP contribution in [0.4, 0.5) is 4.39 Å². The molecule has 3 aromatic rings. The van der Waals surface area contributed by atoms with Gasteiger partial charge < -0.3 is 5.73 Å². The summed E-state index contributed by atoms with van der Waals surface area (Å²) in [6.45, 7) is 7.69. The van der Waals surface area contributed by atoms with E-state index in [0.717, 1.165) is 48.2 Å². The highest BCUT2D eigenvalue weighted by atomic mass is 19.1. The van der Waals surface area contributed by atoms with Gasteiger partial charge in [0.15, 0.2) is 0 Å². The van der Waals surface area contributed by atoms with Crippen LogP contribution in [0.5, 0.6) is 0 Å². The average molecular weight is 419 g/mol. The zero-order valence-electron chi connectivity index (χ0n) is 17.8. The van der Waals surface area contributed by atoms with Gasteiger partial charge in [0.2, 0.25) is 0 Å². The van der Waals surface area contributed by atoms with Gasteiger partial charge in [0, 0.05) is 37.1 Å². The van der Waals surface area contributed by atoms with Gasteiger partial charge in [0.25, 0.3) is 5.91 Å². The smallest absolute Gasteiger partial charge is 0.267 e. The Hall–Kier alpha value is -2.83. The van der Waals surface area contributed by atoms with Crippen LogP contribution in [-0.2, 0) is 6.54 Å². The SMILES string of the molecule is C[C@]12CCCN1CCN(Cc1ccc3c(-c4ccc(F)cc4)cc(C(N)=O)nc3c1)C2. The Bertz CT molecular complexity index is 1150. The summed E-state index contributed by atoms with van der Waals surface area (Å²) < 4.78 is 13.4. The normalized spacial score (nSPS) is 22.0. The lowest BCUT2D eigenvalue weighted by Gasteiger charge is -2.45. The number of amides is 1. The number of hydrogen-bond acceptors (Lipinski definition) is 4. The second kappa shape index (κ2) is 7.70. The fraction of sp³-hybridized carbons (Fsp3) is 0.360. The lowest BCUT2D eigenvalue weighted by Crippen LogP contribution is -2.57. The van der Waals surface area contributed by atoms with Crippen molar-refractivity contribution >= 4 is 16.8 Å². The lowest BCUT2D eigenvalue weighted by atomic mass is 9.95. The summed E-state index contributed by atoms with van der Waals surface area (Å²) in [6.07, 6.45) is 2.54. The van der Waals surface area contributed by atoms with E-state index in [9.17, 15) is 9.18 Å². The van der Waals surface area contributed by atoms with Crippen molar-refractivity contribution in [1.29, 1.82) is 0 Å². The molecule has 1 amide bonds. The molecular weight excluding hydrogens is 391 g/mol. The van der Waals surface area contributed by atoms with E-state index >= 15 is 0 Å². The first-order valence-electron chi connectivity index (χ1n) is 10.9. The highest BCUT2D eigenvalue weighted by Crippen LogP contribution is 2.34. The molecule has 2 fully saturated rings. The van der Waals surface area contributed by atoms with Crippen LogP contribution in [0.1, 0.15) is 35.8 Å². The number of primary amides is 1. The second-order valence-electron chi connectivity index (χ2n) is 9.08. The number of hydrogen-bond donors (Lipinski definition) is 1. The predicted molar refractivity (Wildman–Crippen MR) is 120 cm³/mol. The van der Waals surface area contributed by atoms with E-state index in [1.165, 1.54) is 37.1 Å². The van der Waals surface area contributed by atoms with Crippen molar-refractivity contribution in [2.24, 2.45) is 5.73 Å². The third-order valence-corrected chi connectivity index (χ3v) is 6.85. The van der Waals surface area contributed by atoms with Crippen LogP contribution in [0, 0.1) is 5.82 Å². The van der Waals surface area contributed by atoms with Gasteiger partial charge in [-0.3, -0.25) is 14.6 Å². The Morgan fingerprint density at radius 2 is 1.94 bits per heavy atom. The van der Waals surface area contributed by atoms with Gasteiger partial charge in [0.1, 0.15) is 11.5 Å². The molecule has 0 saturated carbocycles. The van der Waals surface area contributed by atoms with Crippen molar-refractivity contribution in [3.63, 3.8) is 0 Å². The van der Waals surface area contributed by atoms with E-state index in [1.807, 2.05) is 0 Å². The summed E-state index contributed by atoms with van der Waals surface area (Å²) in [4.78, 5) is 21.6. The summed E-state index contributed by atoms with van der Waals surface area (Å²) >= 11 is 0. The number of rotatable bonds is 4. The van der Waals surface area contributed by atoms with Crippen LogP contribution >= 0.6 is 0 Å². The molecule has 1 atom stereocenters. The first-order valence-corrected chi connectivity index (χ1v) is 10.9. The van der Waals surface area contributed by atoms with Gasteiger partial charge >= 0.3 is 0 Å². The van der Waals surface area contributed by atoms with Crippen LogP contribution in [0.25, 0.3) is 22.0 Å². The number of piperazine rings is 1. The van der Waals surface area contributed by atoms with Crippen molar-refractivity contribution in [1.82, 2.24) is 14.8 Å². The minimum atomic E-state index is -0.569. The number of aromatic nitrogens is 1. The summed E-state index contributed by atoms with van der Waals surface area (Å²) in [7, 11) is 0. The topological polar surface area (TPSA) is 62.5 Å². The van der Waals surface area contributed by atoms with E-state index in [2.05, 4.69) is 39.9 Å². The molecule has 0 unspecified atom stereocenters. The van der Waals surface area contributed by atoms with Gasteiger partial charge in [-0.05, 0) is 67.3 Å². The number of nitrogens with two attached hydrogens (primary N) is 1. The number of carbonyl (C=O) groups is 1. The Morgan fingerprint density at radius 1 is 1.13 bits per heavy atom. The van der Waals surface area contributed by atoms with Gasteiger partial charge in [0.05, 0.1) is 5.52 Å². The number of benzene rings is 2. The van der Waals surface area contributed by atoms with Gasteiger partial charge in [-0.2, -0.15) is 0 Å². The quantitative estimate of drug-likeness (QED) is 0.700. The Balaban J connectivity index is 1.49. The number of carbonyl (C=O) groups excluding carboxylic acids is 1. The largest absolute Gasteiger partial charge is 0.364 e. The molecule has 2 aliphatic heterocycles. The van der Waals surface area contributed by atoms with Gasteiger partial charge in [-0.1, -0.05) is 24.3 Å². The van der Waals surface area contributed by atoms with E-state index < -0.39 is 5.91 Å². The minimum Gasteiger partial charge on any atom is -0.364 e. The third kappa shape index (κ3) is 3.82. The van der Waals surface area contributed by atoms with E-state index in [4.69, 9.17) is 5.73 Å². The Kier molecular flexibility index (Phi) is 4.99. The maximum absolute atomic E-state index is 13.4. The molecule has 0 spiro atoms. The molecule has 0 aliphatic carbocycles. The first kappa shape index (κ1) is 20.1. The van der Waals surface area contributed by atoms with Crippen molar-refractivity contribution in [2.45, 2.75) is 31.8 Å². The zero-order valence-corrected chi connectivity index (χ0v) is 17.8.